The van der Waals surface area contributed by atoms with E-state index in [1.54, 1.807) is 6.92 Å². The lowest BCUT2D eigenvalue weighted by molar-refractivity contribution is 0.0525. The van der Waals surface area contributed by atoms with Crippen molar-refractivity contribution >= 4 is 27.0 Å². The minimum Gasteiger partial charge on any atom is -0.744 e. The summed E-state index contributed by atoms with van der Waals surface area (Å²) in [6, 6.07) is 35.0. The van der Waals surface area contributed by atoms with E-state index in [-0.39, 0.29) is 23.1 Å². The van der Waals surface area contributed by atoms with Crippen molar-refractivity contribution in [3.8, 4) is 5.75 Å². The molecule has 0 bridgehead atoms. The molecule has 0 atom stereocenters. The van der Waals surface area contributed by atoms with E-state index in [1.807, 2.05) is 0 Å². The minimum absolute atomic E-state index is 0.0146. The van der Waals surface area contributed by atoms with E-state index >= 15 is 0 Å². The van der Waals surface area contributed by atoms with Gasteiger partial charge in [0.05, 0.1) is 28.0 Å². The van der Waals surface area contributed by atoms with Crippen LogP contribution in [0.4, 0.5) is 0 Å². The highest BCUT2D eigenvalue weighted by atomic mass is 32.2. The van der Waals surface area contributed by atoms with Crippen molar-refractivity contribution in [1.29, 1.82) is 0 Å². The van der Waals surface area contributed by atoms with Crippen LogP contribution in [0.3, 0.4) is 0 Å². The summed E-state index contributed by atoms with van der Waals surface area (Å²) in [5, 5.41) is 9.26. The molecular formula is C27H24O6S2. The van der Waals surface area contributed by atoms with Crippen molar-refractivity contribution in [3.05, 3.63) is 115 Å². The second kappa shape index (κ2) is 12.2. The summed E-state index contributed by atoms with van der Waals surface area (Å²) >= 11 is 0. The molecule has 0 aliphatic heterocycles. The van der Waals surface area contributed by atoms with Crippen LogP contribution in [0, 0.1) is 0 Å². The summed E-state index contributed by atoms with van der Waals surface area (Å²) < 4.78 is 36.5. The lowest BCUT2D eigenvalue weighted by Crippen LogP contribution is -2.06. The third kappa shape index (κ3) is 7.19. The van der Waals surface area contributed by atoms with E-state index in [2.05, 4.69) is 95.7 Å². The third-order valence-electron chi connectivity index (χ3n) is 4.68. The van der Waals surface area contributed by atoms with E-state index in [9.17, 15) is 22.9 Å². The van der Waals surface area contributed by atoms with Gasteiger partial charge < -0.3 is 14.4 Å². The molecule has 0 amide bonds. The fourth-order valence-electron chi connectivity index (χ4n) is 3.15. The maximum Gasteiger partial charge on any atom is 0.338 e. The van der Waals surface area contributed by atoms with Crippen LogP contribution in [-0.4, -0.2) is 30.7 Å². The maximum atomic E-state index is 11.2. The lowest BCUT2D eigenvalue weighted by Gasteiger charge is -2.10. The average Bonchev–Trinajstić information content (AvgIpc) is 2.86. The van der Waals surface area contributed by atoms with E-state index in [1.165, 1.54) is 14.7 Å². The molecular weight excluding hydrogens is 484 g/mol. The molecule has 180 valence electrons. The first-order valence-electron chi connectivity index (χ1n) is 10.7. The van der Waals surface area contributed by atoms with Crippen LogP contribution in [0.15, 0.2) is 129 Å². The number of phenolic OH excluding ortho intramolecular Hbond substituents is 1. The summed E-state index contributed by atoms with van der Waals surface area (Å²) in [4.78, 5) is 14.5. The molecule has 4 aromatic carbocycles. The second-order valence-corrected chi connectivity index (χ2v) is 10.5. The number of carbonyl (C=O) groups is 1. The Morgan fingerprint density at radius 3 is 1.57 bits per heavy atom. The molecule has 6 nitrogen and oxygen atoms in total. The Labute approximate surface area is 207 Å². The van der Waals surface area contributed by atoms with E-state index in [4.69, 9.17) is 0 Å². The molecule has 0 fully saturated rings. The molecule has 1 N–H and O–H groups in total. The van der Waals surface area contributed by atoms with Crippen molar-refractivity contribution in [1.82, 2.24) is 0 Å². The zero-order valence-corrected chi connectivity index (χ0v) is 20.5. The molecule has 0 heterocycles. The monoisotopic (exact) mass is 508 g/mol. The number of carbonyl (C=O) groups excluding carboxylic acids is 1. The van der Waals surface area contributed by atoms with Crippen molar-refractivity contribution in [2.45, 2.75) is 26.5 Å². The van der Waals surface area contributed by atoms with Gasteiger partial charge in [0.1, 0.15) is 15.9 Å². The van der Waals surface area contributed by atoms with Gasteiger partial charge >= 0.3 is 5.97 Å². The summed E-state index contributed by atoms with van der Waals surface area (Å²) in [6.07, 6.45) is 0. The molecule has 0 saturated carbocycles. The van der Waals surface area contributed by atoms with E-state index in [0.29, 0.717) is 0 Å². The third-order valence-corrected chi connectivity index (χ3v) is 7.79. The Morgan fingerprint density at radius 2 is 1.23 bits per heavy atom. The first-order chi connectivity index (χ1) is 16.8. The van der Waals surface area contributed by atoms with Gasteiger partial charge in [0.25, 0.3) is 0 Å². The number of hydrogen-bond donors (Lipinski definition) is 1. The minimum atomic E-state index is -4.74. The molecule has 0 spiro atoms. The van der Waals surface area contributed by atoms with Crippen LogP contribution in [0.1, 0.15) is 17.3 Å². The highest BCUT2D eigenvalue weighted by molar-refractivity contribution is 7.97. The Morgan fingerprint density at radius 1 is 0.800 bits per heavy atom. The predicted octanol–water partition coefficient (Wildman–Crippen LogP) is 5.26. The molecule has 0 radical (unpaired) electrons. The second-order valence-electron chi connectivity index (χ2n) is 7.10. The summed E-state index contributed by atoms with van der Waals surface area (Å²) in [7, 11) is -4.75. The van der Waals surface area contributed by atoms with Gasteiger partial charge in [0, 0.05) is 0 Å². The first kappa shape index (κ1) is 26.0. The van der Waals surface area contributed by atoms with Crippen LogP contribution < -0.4 is 0 Å². The first-order valence-corrected chi connectivity index (χ1v) is 13.3. The summed E-state index contributed by atoms with van der Waals surface area (Å²) in [5.74, 6) is -1.46. The van der Waals surface area contributed by atoms with Crippen LogP contribution in [-0.2, 0) is 25.7 Å². The van der Waals surface area contributed by atoms with Crippen molar-refractivity contribution in [3.63, 3.8) is 0 Å². The molecule has 0 saturated heterocycles. The molecule has 35 heavy (non-hydrogen) atoms. The highest BCUT2D eigenvalue weighted by Gasteiger charge is 2.27. The number of benzene rings is 4. The number of aromatic hydroxyl groups is 1. The van der Waals surface area contributed by atoms with Gasteiger partial charge in [-0.05, 0) is 61.5 Å². The Bertz CT molecular complexity index is 1250. The van der Waals surface area contributed by atoms with Gasteiger partial charge in [-0.2, -0.15) is 0 Å². The van der Waals surface area contributed by atoms with E-state index < -0.39 is 26.7 Å². The van der Waals surface area contributed by atoms with Gasteiger partial charge in [0.2, 0.25) is 0 Å². The zero-order valence-electron chi connectivity index (χ0n) is 18.9. The topological polar surface area (TPSA) is 104 Å². The van der Waals surface area contributed by atoms with Crippen LogP contribution in [0.5, 0.6) is 5.75 Å². The van der Waals surface area contributed by atoms with Gasteiger partial charge in [-0.1, -0.05) is 54.6 Å². The Balaban J connectivity index is 0.000000199. The largest absolute Gasteiger partial charge is 0.744 e. The Kier molecular flexibility index (Phi) is 9.08. The van der Waals surface area contributed by atoms with Crippen LogP contribution in [0.25, 0.3) is 0 Å². The number of rotatable bonds is 6. The predicted molar refractivity (Wildman–Crippen MR) is 134 cm³/mol. The molecule has 0 aromatic heterocycles. The fourth-order valence-corrected chi connectivity index (χ4v) is 5.80. The Hall–Kier alpha value is -3.59. The smallest absolute Gasteiger partial charge is 0.338 e. The zero-order chi connectivity index (χ0) is 25.3. The SMILES string of the molecule is CCOC(=O)c1ccc(S(=O)(=O)[O-])c(O)c1.c1ccc([S+](c2ccccc2)c2ccccc2)cc1. The molecule has 4 rings (SSSR count). The number of hydrogen-bond acceptors (Lipinski definition) is 6. The van der Waals surface area contributed by atoms with Crippen LogP contribution in [0.2, 0.25) is 0 Å². The standard InChI is InChI=1S/C18H15S.C9H10O6S/c1-4-10-16(11-5-1)19(17-12-6-2-7-13-17)18-14-8-3-9-15-18;1-2-15-9(11)6-3-4-8(7(10)5-6)16(12,13)14/h1-15H;3-5,10H,2H2,1H3,(H,12,13,14)/q+1;/p-1. The lowest BCUT2D eigenvalue weighted by atomic mass is 10.2. The molecule has 0 unspecified atom stereocenters. The molecule has 0 aliphatic carbocycles. The van der Waals surface area contributed by atoms with Crippen molar-refractivity contribution in [2.75, 3.05) is 6.61 Å². The molecule has 0 aliphatic rings. The fraction of sp³-hybridized carbons (Fsp3) is 0.0741. The summed E-state index contributed by atoms with van der Waals surface area (Å²) in [5.41, 5.74) is -0.0215. The number of esters is 1. The molecule has 4 aromatic rings. The quantitative estimate of drug-likeness (QED) is 0.217. The van der Waals surface area contributed by atoms with Gasteiger partial charge in [-0.3, -0.25) is 0 Å². The van der Waals surface area contributed by atoms with E-state index in [0.717, 1.165) is 18.2 Å². The molecule has 8 heteroatoms. The number of ether oxygens (including phenoxy) is 1. The van der Waals surface area contributed by atoms with Gasteiger partial charge in [0.15, 0.2) is 14.7 Å². The van der Waals surface area contributed by atoms with Crippen LogP contribution >= 0.6 is 0 Å². The number of phenols is 1. The van der Waals surface area contributed by atoms with Gasteiger partial charge in [-0.15, -0.1) is 0 Å². The normalized spacial score (nSPS) is 10.8. The van der Waals surface area contributed by atoms with Crippen molar-refractivity contribution < 1.29 is 27.6 Å². The maximum absolute atomic E-state index is 11.2. The highest BCUT2D eigenvalue weighted by Crippen LogP contribution is 2.30. The van der Waals surface area contributed by atoms with Crippen molar-refractivity contribution in [2.24, 2.45) is 0 Å². The summed E-state index contributed by atoms with van der Waals surface area (Å²) in [6.45, 7) is 1.76. The van der Waals surface area contributed by atoms with Gasteiger partial charge in [-0.25, -0.2) is 13.2 Å². The average molecular weight is 509 g/mol.